The molecule has 0 spiro atoms. The fraction of sp³-hybridized carbons (Fsp3) is 0.818. The molecule has 0 bridgehead atoms. The van der Waals surface area contributed by atoms with E-state index in [9.17, 15) is 0 Å². The first-order chi connectivity index (χ1) is 7.93. The van der Waals surface area contributed by atoms with Crippen molar-refractivity contribution in [2.75, 3.05) is 19.7 Å². The number of morpholine rings is 1. The molecule has 1 aliphatic carbocycles. The molecule has 2 fully saturated rings. The van der Waals surface area contributed by atoms with E-state index in [0.717, 1.165) is 18.9 Å². The number of ether oxygens (including phenoxy) is 1. The van der Waals surface area contributed by atoms with Crippen molar-refractivity contribution in [3.05, 3.63) is 11.7 Å². The summed E-state index contributed by atoms with van der Waals surface area (Å²) in [6.45, 7) is 2.39. The van der Waals surface area contributed by atoms with Gasteiger partial charge >= 0.3 is 0 Å². The van der Waals surface area contributed by atoms with Crippen LogP contribution in [0.4, 0.5) is 0 Å². The zero-order valence-corrected chi connectivity index (χ0v) is 10.5. The lowest BCUT2D eigenvalue weighted by atomic mass is 10.1. The van der Waals surface area contributed by atoms with Crippen LogP contribution >= 0.6 is 12.4 Å². The molecule has 6 heteroatoms. The van der Waals surface area contributed by atoms with Crippen molar-refractivity contribution in [3.8, 4) is 0 Å². The maximum atomic E-state index is 5.58. The molecule has 17 heavy (non-hydrogen) atoms. The molecule has 1 aromatic heterocycles. The van der Waals surface area contributed by atoms with Crippen molar-refractivity contribution in [3.63, 3.8) is 0 Å². The van der Waals surface area contributed by atoms with E-state index in [2.05, 4.69) is 15.5 Å². The van der Waals surface area contributed by atoms with E-state index in [1.807, 2.05) is 0 Å². The van der Waals surface area contributed by atoms with Gasteiger partial charge in [-0.1, -0.05) is 18.0 Å². The fourth-order valence-electron chi connectivity index (χ4n) is 2.45. The summed E-state index contributed by atoms with van der Waals surface area (Å²) in [5.41, 5.74) is 0. The lowest BCUT2D eigenvalue weighted by Crippen LogP contribution is -2.33. The molecule has 2 heterocycles. The zero-order valence-electron chi connectivity index (χ0n) is 9.72. The molecule has 1 N–H and O–H groups in total. The number of hydrogen-bond acceptors (Lipinski definition) is 5. The van der Waals surface area contributed by atoms with Gasteiger partial charge in [0.25, 0.3) is 5.89 Å². The maximum absolute atomic E-state index is 5.58. The van der Waals surface area contributed by atoms with Crippen LogP contribution in [-0.2, 0) is 4.74 Å². The van der Waals surface area contributed by atoms with Gasteiger partial charge in [-0.15, -0.1) is 12.4 Å². The Hall–Kier alpha value is -0.650. The molecular formula is C11H18ClN3O2. The van der Waals surface area contributed by atoms with Crippen molar-refractivity contribution in [1.82, 2.24) is 15.5 Å². The normalized spacial score (nSPS) is 25.8. The number of nitrogens with one attached hydrogen (secondary N) is 1. The molecule has 0 aromatic carbocycles. The quantitative estimate of drug-likeness (QED) is 0.878. The molecule has 1 atom stereocenters. The Morgan fingerprint density at radius 3 is 2.76 bits per heavy atom. The van der Waals surface area contributed by atoms with Crippen molar-refractivity contribution < 1.29 is 9.26 Å². The molecule has 1 aliphatic heterocycles. The van der Waals surface area contributed by atoms with Gasteiger partial charge in [-0.25, -0.2) is 0 Å². The van der Waals surface area contributed by atoms with Crippen LogP contribution in [0.2, 0.25) is 0 Å². The van der Waals surface area contributed by atoms with Crippen molar-refractivity contribution >= 4 is 12.4 Å². The van der Waals surface area contributed by atoms with Gasteiger partial charge in [0.15, 0.2) is 5.82 Å². The second-order valence-electron chi connectivity index (χ2n) is 4.54. The Labute approximate surface area is 107 Å². The molecular weight excluding hydrogens is 242 g/mol. The number of rotatable bonds is 2. The van der Waals surface area contributed by atoms with E-state index in [0.29, 0.717) is 18.4 Å². The average Bonchev–Trinajstić information content (AvgIpc) is 3.01. The predicted molar refractivity (Wildman–Crippen MR) is 64.3 cm³/mol. The number of halogens is 1. The van der Waals surface area contributed by atoms with Crippen LogP contribution < -0.4 is 5.32 Å². The van der Waals surface area contributed by atoms with E-state index in [-0.39, 0.29) is 18.5 Å². The molecule has 3 rings (SSSR count). The molecule has 1 saturated heterocycles. The summed E-state index contributed by atoms with van der Waals surface area (Å²) in [6, 6.07) is 0. The van der Waals surface area contributed by atoms with Crippen molar-refractivity contribution in [2.45, 2.75) is 37.7 Å². The summed E-state index contributed by atoms with van der Waals surface area (Å²) < 4.78 is 10.9. The summed E-state index contributed by atoms with van der Waals surface area (Å²) in [5, 5.41) is 7.34. The minimum absolute atomic E-state index is 0. The smallest absolute Gasteiger partial charge is 0.257 e. The first kappa shape index (κ1) is 12.8. The van der Waals surface area contributed by atoms with Gasteiger partial charge in [0.1, 0.15) is 6.10 Å². The van der Waals surface area contributed by atoms with E-state index in [4.69, 9.17) is 9.26 Å². The third-order valence-corrected chi connectivity index (χ3v) is 3.38. The maximum Gasteiger partial charge on any atom is 0.257 e. The monoisotopic (exact) mass is 259 g/mol. The Kier molecular flexibility index (Phi) is 4.36. The molecule has 96 valence electrons. The standard InChI is InChI=1S/C11H17N3O2.ClH/c1-2-4-8(3-1)10-13-11(16-14-10)9-7-12-5-6-15-9;/h8-9,12H,1-7H2;1H/t9-;/m1./s1. The van der Waals surface area contributed by atoms with Gasteiger partial charge in [-0.05, 0) is 12.8 Å². The van der Waals surface area contributed by atoms with Crippen LogP contribution in [0, 0.1) is 0 Å². The van der Waals surface area contributed by atoms with Gasteiger partial charge in [0.05, 0.1) is 6.61 Å². The Morgan fingerprint density at radius 2 is 2.06 bits per heavy atom. The molecule has 0 amide bonds. The van der Waals surface area contributed by atoms with Crippen LogP contribution in [0.3, 0.4) is 0 Å². The molecule has 0 radical (unpaired) electrons. The lowest BCUT2D eigenvalue weighted by molar-refractivity contribution is 0.00755. The highest BCUT2D eigenvalue weighted by molar-refractivity contribution is 5.85. The summed E-state index contributed by atoms with van der Waals surface area (Å²) >= 11 is 0. The van der Waals surface area contributed by atoms with Crippen LogP contribution in [-0.4, -0.2) is 29.8 Å². The first-order valence-electron chi connectivity index (χ1n) is 6.09. The Balaban J connectivity index is 0.00000108. The summed E-state index contributed by atoms with van der Waals surface area (Å²) in [7, 11) is 0. The fourth-order valence-corrected chi connectivity index (χ4v) is 2.45. The lowest BCUT2D eigenvalue weighted by Gasteiger charge is -2.19. The molecule has 0 unspecified atom stereocenters. The third-order valence-electron chi connectivity index (χ3n) is 3.38. The largest absolute Gasteiger partial charge is 0.366 e. The van der Waals surface area contributed by atoms with Crippen molar-refractivity contribution in [1.29, 1.82) is 0 Å². The second-order valence-corrected chi connectivity index (χ2v) is 4.54. The topological polar surface area (TPSA) is 60.2 Å². The average molecular weight is 260 g/mol. The number of hydrogen-bond donors (Lipinski definition) is 1. The highest BCUT2D eigenvalue weighted by atomic mass is 35.5. The zero-order chi connectivity index (χ0) is 10.8. The highest BCUT2D eigenvalue weighted by Gasteiger charge is 2.26. The first-order valence-corrected chi connectivity index (χ1v) is 6.09. The Bertz CT molecular complexity index is 346. The minimum Gasteiger partial charge on any atom is -0.366 e. The van der Waals surface area contributed by atoms with Crippen LogP contribution in [0.5, 0.6) is 0 Å². The van der Waals surface area contributed by atoms with Gasteiger partial charge in [0.2, 0.25) is 0 Å². The van der Waals surface area contributed by atoms with Gasteiger partial charge in [-0.2, -0.15) is 4.98 Å². The number of nitrogens with zero attached hydrogens (tertiary/aromatic N) is 2. The van der Waals surface area contributed by atoms with Crippen LogP contribution in [0.15, 0.2) is 4.52 Å². The SMILES string of the molecule is C1CCC(c2noc([C@H]3CNCCO3)n2)C1.Cl. The molecule has 1 aromatic rings. The second kappa shape index (κ2) is 5.80. The highest BCUT2D eigenvalue weighted by Crippen LogP contribution is 2.32. The van der Waals surface area contributed by atoms with Gasteiger partial charge < -0.3 is 14.6 Å². The van der Waals surface area contributed by atoms with Crippen LogP contribution in [0.1, 0.15) is 49.4 Å². The third kappa shape index (κ3) is 2.78. The van der Waals surface area contributed by atoms with Crippen LogP contribution in [0.25, 0.3) is 0 Å². The summed E-state index contributed by atoms with van der Waals surface area (Å²) in [5.74, 6) is 2.02. The molecule has 1 saturated carbocycles. The Morgan fingerprint density at radius 1 is 1.24 bits per heavy atom. The van der Waals surface area contributed by atoms with E-state index < -0.39 is 0 Å². The molecule has 5 nitrogen and oxygen atoms in total. The predicted octanol–water partition coefficient (Wildman–Crippen LogP) is 1.81. The summed E-state index contributed by atoms with van der Waals surface area (Å²) in [4.78, 5) is 4.47. The minimum atomic E-state index is -0.0589. The number of aromatic nitrogens is 2. The van der Waals surface area contributed by atoms with Crippen molar-refractivity contribution in [2.24, 2.45) is 0 Å². The van der Waals surface area contributed by atoms with E-state index >= 15 is 0 Å². The summed E-state index contributed by atoms with van der Waals surface area (Å²) in [6.07, 6.45) is 4.91. The molecule has 2 aliphatic rings. The van der Waals surface area contributed by atoms with E-state index in [1.54, 1.807) is 0 Å². The van der Waals surface area contributed by atoms with Gasteiger partial charge in [0, 0.05) is 19.0 Å². The van der Waals surface area contributed by atoms with Gasteiger partial charge in [-0.3, -0.25) is 0 Å². The van der Waals surface area contributed by atoms with E-state index in [1.165, 1.54) is 25.7 Å².